The van der Waals surface area contributed by atoms with E-state index in [0.29, 0.717) is 29.5 Å². The number of rotatable bonds is 1. The number of aliphatic hydroxyl groups is 1. The van der Waals surface area contributed by atoms with Gasteiger partial charge < -0.3 is 5.11 Å². The standard InChI is InChI=1S/C20H28O2/c1-3-20-11-12(2)19-15-7-5-14(21)10-13(15)4-6-16(19)17(20)8-9-18(20)22/h10,15-19,22H,2-9,11H2,1H3/t15?,16-,17-,18-,19+,20-/m0/s1. The molecule has 0 aromatic carbocycles. The fraction of sp³-hybridized carbons (Fsp3) is 0.750. The van der Waals surface area contributed by atoms with Gasteiger partial charge in [0.05, 0.1) is 6.10 Å². The second kappa shape index (κ2) is 5.06. The Labute approximate surface area is 133 Å². The fourth-order valence-corrected chi connectivity index (χ4v) is 6.60. The summed E-state index contributed by atoms with van der Waals surface area (Å²) in [6.07, 6.45) is 10.1. The van der Waals surface area contributed by atoms with E-state index in [2.05, 4.69) is 13.5 Å². The lowest BCUT2D eigenvalue weighted by molar-refractivity contribution is -0.115. The predicted octanol–water partition coefficient (Wildman–Crippen LogP) is 4.05. The lowest BCUT2D eigenvalue weighted by atomic mass is 9.50. The third-order valence-electron chi connectivity index (χ3n) is 7.54. The van der Waals surface area contributed by atoms with Gasteiger partial charge in [0.2, 0.25) is 0 Å². The third kappa shape index (κ3) is 1.86. The van der Waals surface area contributed by atoms with Gasteiger partial charge in [0.1, 0.15) is 0 Å². The maximum atomic E-state index is 11.8. The zero-order valence-electron chi connectivity index (χ0n) is 13.7. The average molecular weight is 300 g/mol. The zero-order valence-corrected chi connectivity index (χ0v) is 13.7. The Morgan fingerprint density at radius 2 is 2.09 bits per heavy atom. The fourth-order valence-electron chi connectivity index (χ4n) is 6.60. The van der Waals surface area contributed by atoms with Crippen molar-refractivity contribution < 1.29 is 9.90 Å². The molecule has 22 heavy (non-hydrogen) atoms. The highest BCUT2D eigenvalue weighted by atomic mass is 16.3. The van der Waals surface area contributed by atoms with Gasteiger partial charge in [-0.1, -0.05) is 24.6 Å². The summed E-state index contributed by atoms with van der Waals surface area (Å²) in [5.41, 5.74) is 2.87. The smallest absolute Gasteiger partial charge is 0.155 e. The second-order valence-corrected chi connectivity index (χ2v) is 8.18. The van der Waals surface area contributed by atoms with Crippen LogP contribution < -0.4 is 0 Å². The molecule has 0 bridgehead atoms. The first-order chi connectivity index (χ1) is 10.6. The number of hydrogen-bond donors (Lipinski definition) is 1. The Hall–Kier alpha value is -0.890. The zero-order chi connectivity index (χ0) is 15.5. The molecule has 0 aromatic rings. The molecule has 1 unspecified atom stereocenters. The molecule has 0 spiro atoms. The summed E-state index contributed by atoms with van der Waals surface area (Å²) in [5.74, 6) is 2.82. The number of fused-ring (bicyclic) bond motifs is 5. The van der Waals surface area contributed by atoms with Gasteiger partial charge in [-0.3, -0.25) is 4.79 Å². The second-order valence-electron chi connectivity index (χ2n) is 8.18. The molecule has 0 heterocycles. The van der Waals surface area contributed by atoms with Crippen LogP contribution in [0.2, 0.25) is 0 Å². The molecule has 6 atom stereocenters. The van der Waals surface area contributed by atoms with E-state index < -0.39 is 0 Å². The molecule has 1 N–H and O–H groups in total. The molecule has 3 fully saturated rings. The summed E-state index contributed by atoms with van der Waals surface area (Å²) in [5, 5.41) is 10.7. The quantitative estimate of drug-likeness (QED) is 0.742. The van der Waals surface area contributed by atoms with E-state index in [1.165, 1.54) is 24.0 Å². The van der Waals surface area contributed by atoms with Gasteiger partial charge in [-0.2, -0.15) is 0 Å². The molecule has 4 aliphatic carbocycles. The van der Waals surface area contributed by atoms with Crippen LogP contribution in [0.15, 0.2) is 23.8 Å². The predicted molar refractivity (Wildman–Crippen MR) is 87.2 cm³/mol. The highest BCUT2D eigenvalue weighted by Gasteiger charge is 2.58. The lowest BCUT2D eigenvalue weighted by Gasteiger charge is -2.55. The van der Waals surface area contributed by atoms with Gasteiger partial charge >= 0.3 is 0 Å². The van der Waals surface area contributed by atoms with E-state index in [1.807, 2.05) is 6.08 Å². The number of hydrogen-bond acceptors (Lipinski definition) is 2. The molecular formula is C20H28O2. The molecule has 0 saturated heterocycles. The van der Waals surface area contributed by atoms with Crippen molar-refractivity contribution in [2.75, 3.05) is 0 Å². The van der Waals surface area contributed by atoms with Gasteiger partial charge in [-0.25, -0.2) is 0 Å². The normalized spacial score (nSPS) is 47.5. The van der Waals surface area contributed by atoms with Crippen LogP contribution >= 0.6 is 0 Å². The van der Waals surface area contributed by atoms with E-state index in [9.17, 15) is 9.90 Å². The van der Waals surface area contributed by atoms with Crippen molar-refractivity contribution in [3.05, 3.63) is 23.8 Å². The molecule has 3 saturated carbocycles. The van der Waals surface area contributed by atoms with Crippen LogP contribution in [0.1, 0.15) is 58.3 Å². The van der Waals surface area contributed by atoms with Gasteiger partial charge in [0, 0.05) is 11.8 Å². The minimum Gasteiger partial charge on any atom is -0.393 e. The molecule has 2 nitrogen and oxygen atoms in total. The third-order valence-corrected chi connectivity index (χ3v) is 7.54. The van der Waals surface area contributed by atoms with Crippen LogP contribution in [0.4, 0.5) is 0 Å². The van der Waals surface area contributed by atoms with Crippen molar-refractivity contribution in [2.24, 2.45) is 29.1 Å². The number of carbonyl (C=O) groups is 1. The molecule has 2 heteroatoms. The van der Waals surface area contributed by atoms with Gasteiger partial charge in [0.25, 0.3) is 0 Å². The van der Waals surface area contributed by atoms with Gasteiger partial charge in [-0.05, 0) is 74.7 Å². The van der Waals surface area contributed by atoms with Crippen LogP contribution in [-0.2, 0) is 4.79 Å². The summed E-state index contributed by atoms with van der Waals surface area (Å²) in [4.78, 5) is 11.8. The van der Waals surface area contributed by atoms with Crippen molar-refractivity contribution in [1.29, 1.82) is 0 Å². The highest BCUT2D eigenvalue weighted by molar-refractivity contribution is 5.91. The van der Waals surface area contributed by atoms with Crippen LogP contribution in [-0.4, -0.2) is 17.0 Å². The number of carbonyl (C=O) groups excluding carboxylic acids is 1. The van der Waals surface area contributed by atoms with Crippen LogP contribution in [0.25, 0.3) is 0 Å². The van der Waals surface area contributed by atoms with Crippen molar-refractivity contribution in [3.63, 3.8) is 0 Å². The Kier molecular flexibility index (Phi) is 3.38. The van der Waals surface area contributed by atoms with E-state index >= 15 is 0 Å². The summed E-state index contributed by atoms with van der Waals surface area (Å²) >= 11 is 0. The molecular weight excluding hydrogens is 272 g/mol. The van der Waals surface area contributed by atoms with Crippen LogP contribution in [0.5, 0.6) is 0 Å². The summed E-state index contributed by atoms with van der Waals surface area (Å²) in [6.45, 7) is 6.73. The van der Waals surface area contributed by atoms with E-state index in [4.69, 9.17) is 0 Å². The maximum Gasteiger partial charge on any atom is 0.155 e. The molecule has 0 amide bonds. The summed E-state index contributed by atoms with van der Waals surface area (Å²) < 4.78 is 0. The van der Waals surface area contributed by atoms with E-state index in [0.717, 1.165) is 38.5 Å². The minimum absolute atomic E-state index is 0.101. The molecule has 120 valence electrons. The monoisotopic (exact) mass is 300 g/mol. The Bertz CT molecular complexity index is 546. The Morgan fingerprint density at radius 3 is 2.86 bits per heavy atom. The summed E-state index contributed by atoms with van der Waals surface area (Å²) in [7, 11) is 0. The van der Waals surface area contributed by atoms with Crippen LogP contribution in [0, 0.1) is 29.1 Å². The minimum atomic E-state index is -0.134. The molecule has 0 aliphatic heterocycles. The largest absolute Gasteiger partial charge is 0.393 e. The van der Waals surface area contributed by atoms with E-state index in [1.54, 1.807) is 0 Å². The Balaban J connectivity index is 1.70. The maximum absolute atomic E-state index is 11.8. The lowest BCUT2D eigenvalue weighted by Crippen LogP contribution is -2.49. The first-order valence-corrected chi connectivity index (χ1v) is 9.16. The first kappa shape index (κ1) is 14.7. The van der Waals surface area contributed by atoms with Gasteiger partial charge in [0.15, 0.2) is 5.78 Å². The van der Waals surface area contributed by atoms with Gasteiger partial charge in [-0.15, -0.1) is 0 Å². The van der Waals surface area contributed by atoms with Crippen molar-refractivity contribution >= 4 is 5.78 Å². The van der Waals surface area contributed by atoms with Crippen molar-refractivity contribution in [2.45, 2.75) is 64.4 Å². The summed E-state index contributed by atoms with van der Waals surface area (Å²) in [6, 6.07) is 0. The number of aliphatic hydroxyl groups excluding tert-OH is 1. The van der Waals surface area contributed by atoms with Crippen molar-refractivity contribution in [1.82, 2.24) is 0 Å². The SMILES string of the molecule is C=C1C[C@]2(CC)[C@@H](O)CC[C@H]2[C@@H]2CCC3=CC(=O)CCC3[C@@H]12. The van der Waals surface area contributed by atoms with E-state index in [-0.39, 0.29) is 11.5 Å². The first-order valence-electron chi connectivity index (χ1n) is 9.16. The molecule has 4 aliphatic rings. The molecule has 0 aromatic heterocycles. The Morgan fingerprint density at radius 1 is 1.27 bits per heavy atom. The highest BCUT2D eigenvalue weighted by Crippen LogP contribution is 2.64. The number of ketones is 1. The van der Waals surface area contributed by atoms with Crippen LogP contribution in [0.3, 0.4) is 0 Å². The number of allylic oxidation sites excluding steroid dienone is 2. The average Bonchev–Trinajstić information content (AvgIpc) is 2.84. The molecule has 4 rings (SSSR count). The van der Waals surface area contributed by atoms with Crippen molar-refractivity contribution in [3.8, 4) is 0 Å². The molecule has 0 radical (unpaired) electrons. The topological polar surface area (TPSA) is 37.3 Å².